The van der Waals surface area contributed by atoms with Gasteiger partial charge in [-0.05, 0) is 0 Å². The van der Waals surface area contributed by atoms with Crippen molar-refractivity contribution in [2.24, 2.45) is 0 Å². The fourth-order valence-electron chi connectivity index (χ4n) is 1.06. The molecular formula is C10H18O2. The van der Waals surface area contributed by atoms with E-state index >= 15 is 0 Å². The Labute approximate surface area is 74.3 Å². The molecule has 0 aromatic rings. The molecule has 0 N–H and O–H groups in total. The lowest BCUT2D eigenvalue weighted by Crippen LogP contribution is -2.01. The molecular weight excluding hydrogens is 152 g/mol. The fraction of sp³-hybridized carbons (Fsp3) is 0.800. The molecule has 1 aliphatic carbocycles. The molecule has 0 atom stereocenters. The van der Waals surface area contributed by atoms with E-state index in [1.807, 2.05) is 0 Å². The summed E-state index contributed by atoms with van der Waals surface area (Å²) in [6.45, 7) is 2.50. The maximum atomic E-state index is 9.79. The highest BCUT2D eigenvalue weighted by atomic mass is 16.2. The van der Waals surface area contributed by atoms with Crippen LogP contribution in [-0.2, 0) is 9.59 Å². The van der Waals surface area contributed by atoms with Crippen molar-refractivity contribution in [3.63, 3.8) is 0 Å². The van der Waals surface area contributed by atoms with Crippen LogP contribution in [0.4, 0.5) is 0 Å². The van der Waals surface area contributed by atoms with Gasteiger partial charge in [0.1, 0.15) is 0 Å². The summed E-state index contributed by atoms with van der Waals surface area (Å²) in [5.41, 5.74) is 0. The molecule has 0 bridgehead atoms. The number of Topliss-reactive ketones (excluding diaryl/α,β-unsaturated/α-hetero) is 2. The zero-order valence-corrected chi connectivity index (χ0v) is 8.06. The van der Waals surface area contributed by atoms with Gasteiger partial charge in [0.25, 0.3) is 0 Å². The number of hydrogen-bond acceptors (Lipinski definition) is 2. The van der Waals surface area contributed by atoms with Gasteiger partial charge >= 0.3 is 0 Å². The Kier molecular flexibility index (Phi) is 6.63. The van der Waals surface area contributed by atoms with Gasteiger partial charge in [0.2, 0.25) is 0 Å². The van der Waals surface area contributed by atoms with Crippen molar-refractivity contribution >= 4 is 11.6 Å². The van der Waals surface area contributed by atoms with Crippen molar-refractivity contribution in [2.75, 3.05) is 0 Å². The molecule has 1 saturated carbocycles. The molecule has 12 heavy (non-hydrogen) atoms. The van der Waals surface area contributed by atoms with Crippen LogP contribution in [0.15, 0.2) is 0 Å². The first-order valence-electron chi connectivity index (χ1n) is 4.66. The van der Waals surface area contributed by atoms with Gasteiger partial charge in [-0.1, -0.05) is 38.5 Å². The normalized spacial score (nSPS) is 15.8. The third kappa shape index (κ3) is 7.45. The van der Waals surface area contributed by atoms with Gasteiger partial charge < -0.3 is 0 Å². The first kappa shape index (κ1) is 11.3. The highest BCUT2D eigenvalue weighted by Gasteiger charge is 1.95. The lowest BCUT2D eigenvalue weighted by atomic mass is 10.0. The Morgan fingerprint density at radius 2 is 0.833 bits per heavy atom. The molecule has 0 aromatic heterocycles. The number of ketones is 2. The molecule has 0 heterocycles. The van der Waals surface area contributed by atoms with Crippen molar-refractivity contribution in [3.05, 3.63) is 0 Å². The van der Waals surface area contributed by atoms with Crippen LogP contribution in [-0.4, -0.2) is 11.6 Å². The molecule has 1 fully saturated rings. The summed E-state index contributed by atoms with van der Waals surface area (Å²) in [6, 6.07) is 0. The zero-order chi connectivity index (χ0) is 9.40. The van der Waals surface area contributed by atoms with E-state index in [4.69, 9.17) is 0 Å². The monoisotopic (exact) mass is 170 g/mol. The molecule has 0 aromatic carbocycles. The summed E-state index contributed by atoms with van der Waals surface area (Å²) in [5, 5.41) is 0. The van der Waals surface area contributed by atoms with Crippen LogP contribution in [0.1, 0.15) is 52.4 Å². The van der Waals surface area contributed by atoms with E-state index in [0.717, 1.165) is 0 Å². The standard InChI is InChI=1S/C6H12.C4H6O2/c1-2-4-6-5-3-1;1-3(5)4(2)6/h1-6H2;1-2H3. The summed E-state index contributed by atoms with van der Waals surface area (Å²) >= 11 is 0. The van der Waals surface area contributed by atoms with E-state index in [2.05, 4.69) is 0 Å². The van der Waals surface area contributed by atoms with Gasteiger partial charge in [-0.3, -0.25) is 9.59 Å². The van der Waals surface area contributed by atoms with Crippen molar-refractivity contribution < 1.29 is 9.59 Å². The molecule has 1 aliphatic rings. The van der Waals surface area contributed by atoms with Crippen LogP contribution in [0, 0.1) is 0 Å². The van der Waals surface area contributed by atoms with Gasteiger partial charge in [-0.2, -0.15) is 0 Å². The van der Waals surface area contributed by atoms with E-state index in [1.165, 1.54) is 52.4 Å². The SMILES string of the molecule is C1CCCCC1.CC(=O)C(C)=O. The van der Waals surface area contributed by atoms with Gasteiger partial charge in [-0.25, -0.2) is 0 Å². The van der Waals surface area contributed by atoms with Crippen LogP contribution in [0.2, 0.25) is 0 Å². The van der Waals surface area contributed by atoms with Crippen LogP contribution in [0.5, 0.6) is 0 Å². The highest BCUT2D eigenvalue weighted by Crippen LogP contribution is 2.15. The number of hydrogen-bond donors (Lipinski definition) is 0. The lowest BCUT2D eigenvalue weighted by Gasteiger charge is -2.05. The topological polar surface area (TPSA) is 34.1 Å². The molecule has 2 heteroatoms. The van der Waals surface area contributed by atoms with Gasteiger partial charge in [0.15, 0.2) is 11.6 Å². The Bertz CT molecular complexity index is 122. The predicted molar refractivity (Wildman–Crippen MR) is 49.1 cm³/mol. The van der Waals surface area contributed by atoms with E-state index in [9.17, 15) is 9.59 Å². The maximum Gasteiger partial charge on any atom is 0.195 e. The number of rotatable bonds is 1. The Morgan fingerprint density at radius 3 is 0.917 bits per heavy atom. The predicted octanol–water partition coefficient (Wildman–Crippen LogP) is 2.51. The Morgan fingerprint density at radius 1 is 0.667 bits per heavy atom. The van der Waals surface area contributed by atoms with Crippen LogP contribution in [0.25, 0.3) is 0 Å². The Hall–Kier alpha value is -0.660. The molecule has 0 radical (unpaired) electrons. The molecule has 0 amide bonds. The molecule has 2 nitrogen and oxygen atoms in total. The summed E-state index contributed by atoms with van der Waals surface area (Å²) in [4.78, 5) is 19.6. The van der Waals surface area contributed by atoms with E-state index in [1.54, 1.807) is 0 Å². The minimum atomic E-state index is -0.380. The largest absolute Gasteiger partial charge is 0.291 e. The van der Waals surface area contributed by atoms with Gasteiger partial charge in [0.05, 0.1) is 0 Å². The second-order valence-electron chi connectivity index (χ2n) is 3.23. The fourth-order valence-corrected chi connectivity index (χ4v) is 1.06. The van der Waals surface area contributed by atoms with Crippen LogP contribution in [0.3, 0.4) is 0 Å². The molecule has 1 rings (SSSR count). The molecule has 0 aliphatic heterocycles. The van der Waals surface area contributed by atoms with Crippen LogP contribution < -0.4 is 0 Å². The van der Waals surface area contributed by atoms with Crippen molar-refractivity contribution in [3.8, 4) is 0 Å². The lowest BCUT2D eigenvalue weighted by molar-refractivity contribution is -0.134. The first-order valence-corrected chi connectivity index (χ1v) is 4.66. The second-order valence-corrected chi connectivity index (χ2v) is 3.23. The Balaban J connectivity index is 0.000000202. The van der Waals surface area contributed by atoms with Crippen molar-refractivity contribution in [1.29, 1.82) is 0 Å². The number of carbonyl (C=O) groups excluding carboxylic acids is 2. The van der Waals surface area contributed by atoms with Gasteiger partial charge in [-0.15, -0.1) is 0 Å². The molecule has 70 valence electrons. The highest BCUT2D eigenvalue weighted by molar-refractivity contribution is 6.35. The van der Waals surface area contributed by atoms with E-state index in [0.29, 0.717) is 0 Å². The summed E-state index contributed by atoms with van der Waals surface area (Å²) in [5.74, 6) is -0.759. The van der Waals surface area contributed by atoms with Crippen LogP contribution >= 0.6 is 0 Å². The average molecular weight is 170 g/mol. The molecule has 0 spiro atoms. The summed E-state index contributed by atoms with van der Waals surface area (Å²) in [7, 11) is 0. The van der Waals surface area contributed by atoms with E-state index < -0.39 is 0 Å². The van der Waals surface area contributed by atoms with Gasteiger partial charge in [0, 0.05) is 13.8 Å². The maximum absolute atomic E-state index is 9.79. The number of carbonyl (C=O) groups is 2. The minimum absolute atomic E-state index is 0.380. The molecule has 0 saturated heterocycles. The zero-order valence-electron chi connectivity index (χ0n) is 8.06. The smallest absolute Gasteiger partial charge is 0.195 e. The van der Waals surface area contributed by atoms with E-state index in [-0.39, 0.29) is 11.6 Å². The quantitative estimate of drug-likeness (QED) is 0.566. The average Bonchev–Trinajstić information content (AvgIpc) is 2.08. The third-order valence-corrected chi connectivity index (χ3v) is 2.00. The minimum Gasteiger partial charge on any atom is -0.291 e. The first-order chi connectivity index (χ1) is 5.64. The van der Waals surface area contributed by atoms with Crippen molar-refractivity contribution in [2.45, 2.75) is 52.4 Å². The summed E-state index contributed by atoms with van der Waals surface area (Å²) in [6.07, 6.45) is 9.00. The summed E-state index contributed by atoms with van der Waals surface area (Å²) < 4.78 is 0. The second kappa shape index (κ2) is 7.01. The third-order valence-electron chi connectivity index (χ3n) is 2.00. The van der Waals surface area contributed by atoms with Crippen molar-refractivity contribution in [1.82, 2.24) is 0 Å². The molecule has 0 unspecified atom stereocenters.